The zero-order valence-electron chi connectivity index (χ0n) is 15.6. The third-order valence-electron chi connectivity index (χ3n) is 5.47. The van der Waals surface area contributed by atoms with Crippen LogP contribution in [0.5, 0.6) is 0 Å². The number of nitrogens with zero attached hydrogens (tertiary/aromatic N) is 3. The average Bonchev–Trinajstić information content (AvgIpc) is 3.48. The highest BCUT2D eigenvalue weighted by atomic mass is 19.3. The smallest absolute Gasteiger partial charge is 0.283 e. The number of halogens is 2. The topological polar surface area (TPSA) is 101 Å². The van der Waals surface area contributed by atoms with E-state index >= 15 is 0 Å². The van der Waals surface area contributed by atoms with Gasteiger partial charge in [-0.3, -0.25) is 9.78 Å². The molecule has 6 nitrogen and oxygen atoms in total. The molecule has 29 heavy (non-hydrogen) atoms. The Morgan fingerprint density at radius 2 is 2.21 bits per heavy atom. The molecule has 2 aliphatic rings. The lowest BCUT2D eigenvalue weighted by atomic mass is 9.81. The molecular formula is C21H18F2N4O2. The summed E-state index contributed by atoms with van der Waals surface area (Å²) in [6.45, 7) is 1.74. The maximum absolute atomic E-state index is 14.3. The van der Waals surface area contributed by atoms with Crippen molar-refractivity contribution in [2.24, 2.45) is 16.6 Å². The molecule has 2 N–H and O–H groups in total. The summed E-state index contributed by atoms with van der Waals surface area (Å²) in [5.74, 6) is -0.714. The minimum atomic E-state index is -2.76. The molecule has 1 aromatic heterocycles. The molecule has 3 atom stereocenters. The Hall–Kier alpha value is -3.34. The lowest BCUT2D eigenvalue weighted by Crippen LogP contribution is -2.43. The summed E-state index contributed by atoms with van der Waals surface area (Å²) in [7, 11) is 0. The van der Waals surface area contributed by atoms with Crippen molar-refractivity contribution in [2.45, 2.75) is 37.8 Å². The van der Waals surface area contributed by atoms with Crippen LogP contribution in [0.4, 0.5) is 8.78 Å². The van der Waals surface area contributed by atoms with Gasteiger partial charge in [0.1, 0.15) is 17.9 Å². The number of aromatic nitrogens is 1. The number of hydrogen-bond donors (Lipinski definition) is 1. The third kappa shape index (κ3) is 3.23. The Kier molecular flexibility index (Phi) is 4.53. The SMILES string of the molecule is Cc1ccc(CC(=O)c2ccc(C#N)cn2)cc1[C@@]1(C(F)F)N=C(N)O[C@@H]2C[C@@H]21. The molecule has 0 bridgehead atoms. The monoisotopic (exact) mass is 396 g/mol. The molecule has 1 fully saturated rings. The number of aliphatic imine (C=N–C) groups is 1. The molecule has 1 aliphatic heterocycles. The second-order valence-electron chi connectivity index (χ2n) is 7.37. The van der Waals surface area contributed by atoms with Gasteiger partial charge in [-0.15, -0.1) is 0 Å². The Morgan fingerprint density at radius 1 is 1.41 bits per heavy atom. The van der Waals surface area contributed by atoms with Gasteiger partial charge < -0.3 is 10.5 Å². The predicted molar refractivity (Wildman–Crippen MR) is 100 cm³/mol. The van der Waals surface area contributed by atoms with Gasteiger partial charge in [0.15, 0.2) is 11.3 Å². The van der Waals surface area contributed by atoms with Crippen LogP contribution in [0.1, 0.15) is 39.2 Å². The number of pyridine rings is 1. The molecule has 0 radical (unpaired) electrons. The van der Waals surface area contributed by atoms with Crippen LogP contribution in [-0.4, -0.2) is 29.3 Å². The number of hydrogen-bond acceptors (Lipinski definition) is 6. The number of amidine groups is 1. The minimum Gasteiger partial charge on any atom is -0.462 e. The van der Waals surface area contributed by atoms with Crippen molar-refractivity contribution in [3.05, 3.63) is 64.5 Å². The van der Waals surface area contributed by atoms with Gasteiger partial charge in [0.05, 0.1) is 5.56 Å². The van der Waals surface area contributed by atoms with Crippen LogP contribution in [0.2, 0.25) is 0 Å². The van der Waals surface area contributed by atoms with Crippen molar-refractivity contribution in [2.75, 3.05) is 0 Å². The number of ether oxygens (including phenoxy) is 1. The minimum absolute atomic E-state index is 0.00467. The van der Waals surface area contributed by atoms with Crippen LogP contribution in [0.25, 0.3) is 0 Å². The predicted octanol–water partition coefficient (Wildman–Crippen LogP) is 2.88. The molecule has 0 amide bonds. The molecule has 1 saturated carbocycles. The van der Waals surface area contributed by atoms with Gasteiger partial charge in [-0.25, -0.2) is 13.8 Å². The first kappa shape index (κ1) is 19.0. The molecule has 1 aliphatic carbocycles. The zero-order chi connectivity index (χ0) is 20.8. The largest absolute Gasteiger partial charge is 0.462 e. The number of aryl methyl sites for hydroxylation is 1. The fraction of sp³-hybridized carbons (Fsp3) is 0.333. The number of Topliss-reactive ketones (excluding diaryl/α,β-unsaturated/α-hetero) is 1. The number of carbonyl (C=O) groups excluding carboxylic acids is 1. The van der Waals surface area contributed by atoms with Crippen molar-refractivity contribution in [1.29, 1.82) is 5.26 Å². The van der Waals surface area contributed by atoms with E-state index in [0.29, 0.717) is 28.7 Å². The Labute approximate surface area is 166 Å². The summed E-state index contributed by atoms with van der Waals surface area (Å²) in [6, 6.07) is 9.77. The van der Waals surface area contributed by atoms with Gasteiger partial charge in [-0.05, 0) is 42.2 Å². The normalized spacial score (nSPS) is 24.9. The Bertz CT molecular complexity index is 1050. The van der Waals surface area contributed by atoms with E-state index in [9.17, 15) is 13.6 Å². The first-order valence-corrected chi connectivity index (χ1v) is 9.14. The Morgan fingerprint density at radius 3 is 2.86 bits per heavy atom. The summed E-state index contributed by atoms with van der Waals surface area (Å²) in [6.07, 6.45) is -1.33. The molecular weight excluding hydrogens is 378 g/mol. The van der Waals surface area contributed by atoms with Crippen molar-refractivity contribution < 1.29 is 18.3 Å². The first-order valence-electron chi connectivity index (χ1n) is 9.14. The number of alkyl halides is 2. The van der Waals surface area contributed by atoms with Gasteiger partial charge in [-0.2, -0.15) is 5.26 Å². The van der Waals surface area contributed by atoms with Crippen LogP contribution in [0.3, 0.4) is 0 Å². The van der Waals surface area contributed by atoms with Gasteiger partial charge in [0.2, 0.25) is 0 Å². The van der Waals surface area contributed by atoms with Crippen molar-refractivity contribution in [3.8, 4) is 6.07 Å². The number of benzene rings is 1. The second-order valence-corrected chi connectivity index (χ2v) is 7.37. The van der Waals surface area contributed by atoms with Crippen LogP contribution in [0, 0.1) is 24.2 Å². The number of fused-ring (bicyclic) bond motifs is 1. The van der Waals surface area contributed by atoms with E-state index in [4.69, 9.17) is 15.7 Å². The maximum atomic E-state index is 14.3. The average molecular weight is 396 g/mol. The summed E-state index contributed by atoms with van der Waals surface area (Å²) in [5.41, 5.74) is 6.09. The lowest BCUT2D eigenvalue weighted by molar-refractivity contribution is 0.0192. The molecule has 148 valence electrons. The summed E-state index contributed by atoms with van der Waals surface area (Å²) in [5, 5.41) is 8.83. The van der Waals surface area contributed by atoms with Crippen molar-refractivity contribution in [1.82, 2.24) is 4.98 Å². The zero-order valence-corrected chi connectivity index (χ0v) is 15.6. The molecule has 8 heteroatoms. The summed E-state index contributed by atoms with van der Waals surface area (Å²) in [4.78, 5) is 20.6. The Balaban J connectivity index is 1.68. The van der Waals surface area contributed by atoms with E-state index in [1.165, 1.54) is 18.3 Å². The van der Waals surface area contributed by atoms with Gasteiger partial charge in [-0.1, -0.05) is 18.2 Å². The molecule has 0 unspecified atom stereocenters. The van der Waals surface area contributed by atoms with E-state index in [-0.39, 0.29) is 30.0 Å². The highest BCUT2D eigenvalue weighted by molar-refractivity contribution is 5.95. The molecule has 1 aromatic carbocycles. The molecule has 2 aromatic rings. The number of nitrogens with two attached hydrogens (primary N) is 1. The molecule has 0 spiro atoms. The van der Waals surface area contributed by atoms with Crippen LogP contribution in [-0.2, 0) is 16.7 Å². The molecule has 2 heterocycles. The van der Waals surface area contributed by atoms with E-state index in [2.05, 4.69) is 9.98 Å². The van der Waals surface area contributed by atoms with Crippen molar-refractivity contribution in [3.63, 3.8) is 0 Å². The van der Waals surface area contributed by atoms with E-state index in [0.717, 1.165) is 0 Å². The van der Waals surface area contributed by atoms with E-state index in [1.807, 2.05) is 6.07 Å². The third-order valence-corrected chi connectivity index (χ3v) is 5.47. The van der Waals surface area contributed by atoms with Gasteiger partial charge in [0.25, 0.3) is 12.4 Å². The van der Waals surface area contributed by atoms with E-state index in [1.54, 1.807) is 25.1 Å². The summed E-state index contributed by atoms with van der Waals surface area (Å²) < 4.78 is 33.9. The number of carbonyl (C=O) groups is 1. The molecule has 4 rings (SSSR count). The fourth-order valence-corrected chi connectivity index (χ4v) is 3.91. The second kappa shape index (κ2) is 6.92. The fourth-order valence-electron chi connectivity index (χ4n) is 3.91. The van der Waals surface area contributed by atoms with Gasteiger partial charge in [0, 0.05) is 18.5 Å². The summed E-state index contributed by atoms with van der Waals surface area (Å²) >= 11 is 0. The first-order chi connectivity index (χ1) is 13.8. The standard InChI is InChI=1S/C21H18F2N4O2/c1-11-2-3-12(7-17(28)16-5-4-13(9-24)10-26-16)6-14(11)21(19(22)23)15-8-18(15)29-20(25)27-21/h2-6,10,15,18-19H,7-8H2,1H3,(H2,25,27)/t15-,18+,21+/m0/s1. The number of rotatable bonds is 5. The highest BCUT2D eigenvalue weighted by Gasteiger charge is 2.63. The maximum Gasteiger partial charge on any atom is 0.283 e. The van der Waals surface area contributed by atoms with Crippen LogP contribution < -0.4 is 5.73 Å². The number of nitriles is 1. The van der Waals surface area contributed by atoms with E-state index < -0.39 is 17.9 Å². The highest BCUT2D eigenvalue weighted by Crippen LogP contribution is 2.56. The quantitative estimate of drug-likeness (QED) is 0.783. The number of ketones is 1. The van der Waals surface area contributed by atoms with Gasteiger partial charge >= 0.3 is 0 Å². The van der Waals surface area contributed by atoms with Crippen LogP contribution in [0.15, 0.2) is 41.5 Å². The van der Waals surface area contributed by atoms with Crippen LogP contribution >= 0.6 is 0 Å². The van der Waals surface area contributed by atoms with Crippen molar-refractivity contribution >= 4 is 11.8 Å². The molecule has 0 saturated heterocycles. The lowest BCUT2D eigenvalue weighted by Gasteiger charge is -2.34.